The summed E-state index contributed by atoms with van der Waals surface area (Å²) in [5.74, 6) is 0.835. The van der Waals surface area contributed by atoms with E-state index < -0.39 is 0 Å². The molecule has 0 fully saturated rings. The Morgan fingerprint density at radius 3 is 1.80 bits per heavy atom. The molecule has 2 aliphatic heterocycles. The van der Waals surface area contributed by atoms with E-state index in [4.69, 9.17) is 0 Å². The summed E-state index contributed by atoms with van der Waals surface area (Å²) in [5, 5.41) is 1.07. The number of carbonyl (C=O) groups excluding carboxylic acids is 2. The van der Waals surface area contributed by atoms with Crippen LogP contribution >= 0.6 is 22.7 Å². The zero-order valence-corrected chi connectivity index (χ0v) is 45.3. The summed E-state index contributed by atoms with van der Waals surface area (Å²) < 4.78 is 0. The number of allylic oxidation sites excluding steroid dienone is 4. The van der Waals surface area contributed by atoms with Gasteiger partial charge in [-0.05, 0) is 128 Å². The third-order valence-corrected chi connectivity index (χ3v) is 17.9. The van der Waals surface area contributed by atoms with E-state index in [0.717, 1.165) is 132 Å². The Balaban J connectivity index is 1.05. The molecule has 1 aliphatic carbocycles. The summed E-state index contributed by atoms with van der Waals surface area (Å²) >= 11 is 3.59. The minimum absolute atomic E-state index is 0.0621. The van der Waals surface area contributed by atoms with Crippen LogP contribution in [0, 0.1) is 24.0 Å². The number of amides is 2. The average Bonchev–Trinajstić information content (AvgIpc) is 4.25. The second-order valence-corrected chi connectivity index (χ2v) is 22.6. The van der Waals surface area contributed by atoms with E-state index in [-0.39, 0.29) is 11.8 Å². The molecule has 376 valence electrons. The van der Waals surface area contributed by atoms with Crippen molar-refractivity contribution in [2.45, 2.75) is 111 Å². The van der Waals surface area contributed by atoms with Gasteiger partial charge in [0.1, 0.15) is 5.00 Å². The Hall–Kier alpha value is -6.72. The van der Waals surface area contributed by atoms with Gasteiger partial charge in [-0.1, -0.05) is 175 Å². The summed E-state index contributed by atoms with van der Waals surface area (Å²) in [6.07, 6.45) is 19.7. The molecule has 5 nitrogen and oxygen atoms in total. The Kier molecular flexibility index (Phi) is 16.2. The second-order valence-electron chi connectivity index (χ2n) is 20.4. The molecule has 0 bridgehead atoms. The first-order chi connectivity index (χ1) is 36.4. The van der Waals surface area contributed by atoms with Gasteiger partial charge in [-0.15, -0.1) is 22.7 Å². The van der Waals surface area contributed by atoms with Crippen LogP contribution in [0.5, 0.6) is 0 Å². The minimum atomic E-state index is -0.0699. The van der Waals surface area contributed by atoms with Gasteiger partial charge in [0.05, 0.1) is 28.2 Å². The smallest absolute Gasteiger partial charge is 0.259 e. The first kappa shape index (κ1) is 50.8. The topological polar surface area (TPSA) is 43.9 Å². The molecule has 3 atom stereocenters. The van der Waals surface area contributed by atoms with Crippen molar-refractivity contribution in [1.29, 1.82) is 0 Å². The van der Waals surface area contributed by atoms with Crippen LogP contribution in [0.15, 0.2) is 163 Å². The first-order valence-corrected chi connectivity index (χ1v) is 29.0. The Morgan fingerprint density at radius 1 is 0.622 bits per heavy atom. The number of nitrogens with zero attached hydrogens (tertiary/aromatic N) is 3. The quantitative estimate of drug-likeness (QED) is 0.0636. The number of rotatable bonds is 22. The number of thiophene rings is 2. The third kappa shape index (κ3) is 10.8. The van der Waals surface area contributed by atoms with Crippen LogP contribution in [-0.4, -0.2) is 24.9 Å². The highest BCUT2D eigenvalue weighted by Gasteiger charge is 2.43. The van der Waals surface area contributed by atoms with Crippen LogP contribution in [-0.2, 0) is 9.59 Å². The average molecular weight is 1010 g/mol. The van der Waals surface area contributed by atoms with Crippen molar-refractivity contribution >= 4 is 73.4 Å². The summed E-state index contributed by atoms with van der Waals surface area (Å²) in [5.41, 5.74) is 11.7. The molecule has 2 amide bonds. The Bertz CT molecular complexity index is 3110. The van der Waals surface area contributed by atoms with Crippen molar-refractivity contribution in [3.05, 3.63) is 197 Å². The van der Waals surface area contributed by atoms with Crippen molar-refractivity contribution in [3.8, 4) is 20.9 Å². The minimum Gasteiger partial charge on any atom is -0.307 e. The molecule has 5 aromatic carbocycles. The van der Waals surface area contributed by atoms with Crippen LogP contribution in [0.1, 0.15) is 132 Å². The molecular weight excluding hydrogens is 943 g/mol. The van der Waals surface area contributed by atoms with Crippen LogP contribution in [0.3, 0.4) is 0 Å². The second kappa shape index (κ2) is 23.7. The molecule has 0 spiro atoms. The number of benzene rings is 4. The van der Waals surface area contributed by atoms with E-state index in [1.807, 2.05) is 39.3 Å². The fraction of sp³-hybridized carbons (Fsp3) is 0.313. The zero-order chi connectivity index (χ0) is 51.0. The third-order valence-electron chi connectivity index (χ3n) is 15.6. The van der Waals surface area contributed by atoms with E-state index >= 15 is 9.59 Å². The Morgan fingerprint density at radius 2 is 1.23 bits per heavy atom. The monoisotopic (exact) mass is 1010 g/mol. The molecule has 0 saturated carbocycles. The SMILES string of the molecule is CCCCC(CC)CN1C(=O)/C(=C2/C(=O)N(CC(CC)CCCC)c3cc(-c4ccc(N(c5cc#ccc5)c5ccccc5)s4)ccc32)c2ccc(-c3ccc(C(CCC4=CC=CCC4)c4ccccc4)s3)cc21. The number of para-hydroxylation sites is 1. The van der Waals surface area contributed by atoms with Gasteiger partial charge in [-0.3, -0.25) is 9.59 Å². The lowest BCUT2D eigenvalue weighted by atomic mass is 9.89. The maximum Gasteiger partial charge on any atom is 0.259 e. The fourth-order valence-electron chi connectivity index (χ4n) is 11.3. The molecule has 2 aromatic heterocycles. The van der Waals surface area contributed by atoms with Crippen molar-refractivity contribution in [2.75, 3.05) is 27.8 Å². The van der Waals surface area contributed by atoms with Crippen molar-refractivity contribution in [3.63, 3.8) is 0 Å². The number of hydrogen-bond donors (Lipinski definition) is 0. The van der Waals surface area contributed by atoms with Gasteiger partial charge in [-0.2, -0.15) is 0 Å². The molecule has 3 aliphatic rings. The lowest BCUT2D eigenvalue weighted by Crippen LogP contribution is -2.34. The van der Waals surface area contributed by atoms with Gasteiger partial charge in [0.25, 0.3) is 11.8 Å². The largest absolute Gasteiger partial charge is 0.307 e. The lowest BCUT2D eigenvalue weighted by molar-refractivity contribution is -0.114. The molecular formula is C67H69N3O2S2. The number of anilines is 5. The number of fused-ring (bicyclic) bond motifs is 2. The molecule has 7 heteroatoms. The summed E-state index contributed by atoms with van der Waals surface area (Å²) in [4.78, 5) is 41.0. The summed E-state index contributed by atoms with van der Waals surface area (Å²) in [7, 11) is 0. The zero-order valence-electron chi connectivity index (χ0n) is 43.6. The van der Waals surface area contributed by atoms with Gasteiger partial charge in [0.15, 0.2) is 0 Å². The van der Waals surface area contributed by atoms with Crippen LogP contribution in [0.25, 0.3) is 32.0 Å². The van der Waals surface area contributed by atoms with Gasteiger partial charge >= 0.3 is 0 Å². The maximum absolute atomic E-state index is 15.5. The summed E-state index contributed by atoms with van der Waals surface area (Å²) in [6, 6.07) is 55.6. The standard InChI is InChI=1S/C67H69N3O2S2/c1-5-9-23-47(7-3)45-68-58-43-51(60-39-40-62(73-60)55(50-27-17-12-18-28-50)36-33-49-25-15-11-16-26-49)34-37-56(58)64(66(68)71)65-57-38-35-52(44-59(57)69(67(65)72)46-48(8-4)24-10-6-2)61-41-42-63(74-61)70(53-29-19-13-20-30-53)54-31-21-14-22-32-54/h11-13,15,17-21,25,27-32,34-35,37-44,47-48,55H,5-10,16,23-24,26,33,36,45-46H2,1-4H3/b65-64+. The molecule has 0 saturated heterocycles. The number of hydrogen-bond acceptors (Lipinski definition) is 5. The first-order valence-electron chi connectivity index (χ1n) is 27.4. The van der Waals surface area contributed by atoms with Gasteiger partial charge in [0, 0.05) is 56.5 Å². The van der Waals surface area contributed by atoms with E-state index in [2.05, 4.69) is 184 Å². The fourth-order valence-corrected chi connectivity index (χ4v) is 13.5. The lowest BCUT2D eigenvalue weighted by Gasteiger charge is -2.24. The highest BCUT2D eigenvalue weighted by Crippen LogP contribution is 2.51. The van der Waals surface area contributed by atoms with Gasteiger partial charge in [0.2, 0.25) is 0 Å². The molecule has 0 radical (unpaired) electrons. The van der Waals surface area contributed by atoms with Crippen LogP contribution in [0.4, 0.5) is 27.8 Å². The van der Waals surface area contributed by atoms with Gasteiger partial charge in [-0.25, -0.2) is 0 Å². The molecule has 4 heterocycles. The van der Waals surface area contributed by atoms with E-state index in [1.165, 1.54) is 20.9 Å². The number of carbonyl (C=O) groups is 2. The molecule has 10 rings (SSSR count). The molecule has 0 N–H and O–H groups in total. The van der Waals surface area contributed by atoms with Crippen LogP contribution in [0.2, 0.25) is 0 Å². The van der Waals surface area contributed by atoms with Crippen molar-refractivity contribution < 1.29 is 9.59 Å². The van der Waals surface area contributed by atoms with E-state index in [0.29, 0.717) is 42.0 Å². The summed E-state index contributed by atoms with van der Waals surface area (Å²) in [6.45, 7) is 10.2. The van der Waals surface area contributed by atoms with E-state index in [9.17, 15) is 0 Å². The normalized spacial score (nSPS) is 16.2. The predicted octanol–water partition coefficient (Wildman–Crippen LogP) is 18.4. The molecule has 7 aromatic rings. The molecule has 74 heavy (non-hydrogen) atoms. The predicted molar refractivity (Wildman–Crippen MR) is 314 cm³/mol. The van der Waals surface area contributed by atoms with Gasteiger partial charge < -0.3 is 14.7 Å². The van der Waals surface area contributed by atoms with Crippen molar-refractivity contribution in [1.82, 2.24) is 0 Å². The molecule has 3 unspecified atom stereocenters. The van der Waals surface area contributed by atoms with Crippen molar-refractivity contribution in [2.24, 2.45) is 11.8 Å². The maximum atomic E-state index is 15.5. The highest BCUT2D eigenvalue weighted by atomic mass is 32.1. The van der Waals surface area contributed by atoms with Crippen LogP contribution < -0.4 is 14.7 Å². The Labute approximate surface area is 448 Å². The number of unbranched alkanes of at least 4 members (excludes halogenated alkanes) is 2. The van der Waals surface area contributed by atoms with E-state index in [1.54, 1.807) is 11.3 Å². The highest BCUT2D eigenvalue weighted by molar-refractivity contribution is 7.19.